The molecule has 1 fully saturated rings. The van der Waals surface area contributed by atoms with Gasteiger partial charge in [0.25, 0.3) is 5.91 Å². The summed E-state index contributed by atoms with van der Waals surface area (Å²) < 4.78 is 15.2. The molecule has 112 valence electrons. The minimum absolute atomic E-state index is 0.126. The number of nitrogens with one attached hydrogen (secondary N) is 1. The maximum Gasteiger partial charge on any atom is 0.282 e. The number of hydrogen-bond acceptors (Lipinski definition) is 5. The summed E-state index contributed by atoms with van der Waals surface area (Å²) in [5.41, 5.74) is 0.442. The van der Waals surface area contributed by atoms with Gasteiger partial charge in [-0.25, -0.2) is 4.39 Å². The first-order chi connectivity index (χ1) is 10.7. The highest BCUT2D eigenvalue weighted by Gasteiger charge is 2.30. The number of rotatable bonds is 4. The van der Waals surface area contributed by atoms with E-state index in [0.717, 1.165) is 18.7 Å². The molecule has 3 aromatic rings. The number of fused-ring (bicyclic) bond motifs is 1. The molecule has 1 amide bonds. The molecule has 0 bridgehead atoms. The van der Waals surface area contributed by atoms with Crippen LogP contribution in [0, 0.1) is 5.82 Å². The minimum atomic E-state index is -0.336. The Balaban J connectivity index is 1.51. The first-order valence-electron chi connectivity index (χ1n) is 6.96. The van der Waals surface area contributed by atoms with Crippen molar-refractivity contribution in [3.05, 3.63) is 46.5 Å². The quantitative estimate of drug-likeness (QED) is 0.800. The third kappa shape index (κ3) is 2.35. The van der Waals surface area contributed by atoms with E-state index in [9.17, 15) is 9.18 Å². The van der Waals surface area contributed by atoms with Crippen molar-refractivity contribution in [2.45, 2.75) is 25.3 Å². The Bertz CT molecular complexity index is 854. The van der Waals surface area contributed by atoms with Crippen LogP contribution in [0.5, 0.6) is 0 Å². The largest absolute Gasteiger partial charge is 0.346 e. The smallest absolute Gasteiger partial charge is 0.282 e. The average Bonchev–Trinajstić information content (AvgIpc) is 3.14. The highest BCUT2D eigenvalue weighted by Crippen LogP contribution is 2.39. The van der Waals surface area contributed by atoms with Crippen molar-refractivity contribution in [1.82, 2.24) is 25.1 Å². The average molecular weight is 317 g/mol. The topological polar surface area (TPSA) is 72.2 Å². The van der Waals surface area contributed by atoms with Crippen LogP contribution < -0.4 is 5.32 Å². The second-order valence-electron chi connectivity index (χ2n) is 5.21. The molecule has 0 atom stereocenters. The maximum absolute atomic E-state index is 13.5. The lowest BCUT2D eigenvalue weighted by Gasteiger charge is -2.03. The summed E-state index contributed by atoms with van der Waals surface area (Å²) in [6.07, 6.45) is 2.18. The Morgan fingerprint density at radius 3 is 2.95 bits per heavy atom. The van der Waals surface area contributed by atoms with Crippen LogP contribution in [0.25, 0.3) is 4.96 Å². The monoisotopic (exact) mass is 317 g/mol. The van der Waals surface area contributed by atoms with E-state index in [0.29, 0.717) is 21.4 Å². The summed E-state index contributed by atoms with van der Waals surface area (Å²) in [6, 6.07) is 6.35. The van der Waals surface area contributed by atoms with Gasteiger partial charge in [-0.1, -0.05) is 29.5 Å². The predicted molar refractivity (Wildman–Crippen MR) is 78.2 cm³/mol. The number of carbonyl (C=O) groups excluding carboxylic acids is 1. The standard InChI is InChI=1S/C14H12FN5OS/c15-10-4-2-1-3-9(10)7-16-12(21)13-19-20-11(8-5-6-8)17-18-14(20)22-13/h1-4,8H,5-7H2,(H,16,21). The molecular formula is C14H12FN5OS. The van der Waals surface area contributed by atoms with Gasteiger partial charge in [0.1, 0.15) is 5.82 Å². The highest BCUT2D eigenvalue weighted by molar-refractivity contribution is 7.18. The Hall–Kier alpha value is -2.35. The van der Waals surface area contributed by atoms with Gasteiger partial charge in [-0.15, -0.1) is 15.3 Å². The molecule has 0 spiro atoms. The second kappa shape index (κ2) is 5.13. The fourth-order valence-corrected chi connectivity index (χ4v) is 2.98. The van der Waals surface area contributed by atoms with Crippen LogP contribution >= 0.6 is 11.3 Å². The molecule has 1 aliphatic rings. The van der Waals surface area contributed by atoms with Crippen molar-refractivity contribution in [1.29, 1.82) is 0 Å². The van der Waals surface area contributed by atoms with Gasteiger partial charge in [-0.2, -0.15) is 4.52 Å². The molecule has 2 heterocycles. The molecule has 22 heavy (non-hydrogen) atoms. The van der Waals surface area contributed by atoms with E-state index in [1.807, 2.05) is 0 Å². The molecule has 1 aliphatic carbocycles. The van der Waals surface area contributed by atoms with Crippen molar-refractivity contribution in [2.75, 3.05) is 0 Å². The van der Waals surface area contributed by atoms with Crippen molar-refractivity contribution in [2.24, 2.45) is 0 Å². The van der Waals surface area contributed by atoms with E-state index in [1.165, 1.54) is 17.4 Å². The van der Waals surface area contributed by atoms with E-state index >= 15 is 0 Å². The number of aromatic nitrogens is 4. The maximum atomic E-state index is 13.5. The van der Waals surface area contributed by atoms with E-state index in [4.69, 9.17) is 0 Å². The van der Waals surface area contributed by atoms with E-state index in [-0.39, 0.29) is 18.3 Å². The Kier molecular flexibility index (Phi) is 3.11. The van der Waals surface area contributed by atoms with Crippen LogP contribution in [-0.4, -0.2) is 25.7 Å². The number of hydrogen-bond donors (Lipinski definition) is 1. The molecule has 0 unspecified atom stereocenters. The molecule has 1 saturated carbocycles. The summed E-state index contributed by atoms with van der Waals surface area (Å²) in [5, 5.41) is 15.4. The van der Waals surface area contributed by atoms with Gasteiger partial charge in [0.05, 0.1) is 0 Å². The Morgan fingerprint density at radius 1 is 1.36 bits per heavy atom. The fourth-order valence-electron chi connectivity index (χ4n) is 2.21. The van der Waals surface area contributed by atoms with Crippen LogP contribution in [0.1, 0.15) is 39.9 Å². The SMILES string of the molecule is O=C(NCc1ccccc1F)c1nn2c(C3CC3)nnc2s1. The normalized spacial score (nSPS) is 14.4. The number of halogens is 1. The lowest BCUT2D eigenvalue weighted by Crippen LogP contribution is -2.23. The molecule has 6 nitrogen and oxygen atoms in total. The molecular weight excluding hydrogens is 305 g/mol. The summed E-state index contributed by atoms with van der Waals surface area (Å²) in [5.74, 6) is 0.559. The summed E-state index contributed by atoms with van der Waals surface area (Å²) in [4.78, 5) is 12.8. The van der Waals surface area contributed by atoms with Gasteiger partial charge in [0.15, 0.2) is 5.82 Å². The predicted octanol–water partition coefficient (Wildman–Crippen LogP) is 2.13. The van der Waals surface area contributed by atoms with Crippen molar-refractivity contribution < 1.29 is 9.18 Å². The molecule has 4 rings (SSSR count). The third-order valence-corrected chi connectivity index (χ3v) is 4.45. The van der Waals surface area contributed by atoms with Crippen LogP contribution in [0.2, 0.25) is 0 Å². The molecule has 2 aromatic heterocycles. The first kappa shape index (κ1) is 13.3. The van der Waals surface area contributed by atoms with Crippen molar-refractivity contribution in [3.8, 4) is 0 Å². The number of benzene rings is 1. The van der Waals surface area contributed by atoms with Gasteiger partial charge in [-0.3, -0.25) is 4.79 Å². The second-order valence-corrected chi connectivity index (χ2v) is 6.16. The fraction of sp³-hybridized carbons (Fsp3) is 0.286. The zero-order valence-electron chi connectivity index (χ0n) is 11.5. The van der Waals surface area contributed by atoms with Crippen LogP contribution in [0.3, 0.4) is 0 Å². The van der Waals surface area contributed by atoms with E-state index < -0.39 is 0 Å². The Morgan fingerprint density at radius 2 is 2.18 bits per heavy atom. The van der Waals surface area contributed by atoms with Crippen LogP contribution in [0.15, 0.2) is 24.3 Å². The van der Waals surface area contributed by atoms with E-state index in [2.05, 4.69) is 20.6 Å². The van der Waals surface area contributed by atoms with E-state index in [1.54, 1.807) is 22.7 Å². The third-order valence-electron chi connectivity index (χ3n) is 3.55. The molecule has 8 heteroatoms. The lowest BCUT2D eigenvalue weighted by molar-refractivity contribution is 0.0949. The number of nitrogens with zero attached hydrogens (tertiary/aromatic N) is 4. The molecule has 0 saturated heterocycles. The van der Waals surface area contributed by atoms with Gasteiger partial charge in [0.2, 0.25) is 9.97 Å². The highest BCUT2D eigenvalue weighted by atomic mass is 32.1. The molecule has 0 aliphatic heterocycles. The molecule has 0 radical (unpaired) electrons. The molecule has 1 aromatic carbocycles. The summed E-state index contributed by atoms with van der Waals surface area (Å²) in [6.45, 7) is 0.126. The number of carbonyl (C=O) groups is 1. The first-order valence-corrected chi connectivity index (χ1v) is 7.78. The van der Waals surface area contributed by atoms with Crippen molar-refractivity contribution >= 4 is 22.2 Å². The zero-order valence-corrected chi connectivity index (χ0v) is 12.3. The molecule has 1 N–H and O–H groups in total. The Labute approximate surface area is 129 Å². The number of amides is 1. The summed E-state index contributed by atoms with van der Waals surface area (Å²) in [7, 11) is 0. The lowest BCUT2D eigenvalue weighted by atomic mass is 10.2. The van der Waals surface area contributed by atoms with Gasteiger partial charge in [0, 0.05) is 18.0 Å². The van der Waals surface area contributed by atoms with Crippen molar-refractivity contribution in [3.63, 3.8) is 0 Å². The van der Waals surface area contributed by atoms with Gasteiger partial charge < -0.3 is 5.32 Å². The summed E-state index contributed by atoms with van der Waals surface area (Å²) >= 11 is 1.18. The van der Waals surface area contributed by atoms with Gasteiger partial charge >= 0.3 is 0 Å². The van der Waals surface area contributed by atoms with Gasteiger partial charge in [-0.05, 0) is 18.9 Å². The van der Waals surface area contributed by atoms with Crippen LogP contribution in [-0.2, 0) is 6.54 Å². The minimum Gasteiger partial charge on any atom is -0.346 e. The van der Waals surface area contributed by atoms with Crippen LogP contribution in [0.4, 0.5) is 4.39 Å². The zero-order chi connectivity index (χ0) is 15.1.